The molecule has 2 bridgehead atoms. The molecule has 2 aliphatic rings. The number of aryl methyl sites for hydroxylation is 1. The molecule has 33 heavy (non-hydrogen) atoms. The van der Waals surface area contributed by atoms with Gasteiger partial charge in [0.1, 0.15) is 5.75 Å². The summed E-state index contributed by atoms with van der Waals surface area (Å²) in [6.45, 7) is 0. The molecular weight excluding hydrogens is 416 g/mol. The molecular formula is C27H30N2O4. The molecule has 0 spiro atoms. The number of hydrogen-bond donors (Lipinski definition) is 1. The van der Waals surface area contributed by atoms with E-state index in [2.05, 4.69) is 16.3 Å². The van der Waals surface area contributed by atoms with Crippen LogP contribution in [0.5, 0.6) is 5.75 Å². The lowest BCUT2D eigenvalue weighted by atomic mass is 9.67. The predicted octanol–water partition coefficient (Wildman–Crippen LogP) is 6.26. The monoisotopic (exact) mass is 446 g/mol. The number of carbonyl (C=O) groups is 1. The summed E-state index contributed by atoms with van der Waals surface area (Å²) >= 11 is 0. The third-order valence-corrected chi connectivity index (χ3v) is 7.38. The van der Waals surface area contributed by atoms with Crippen LogP contribution in [0.1, 0.15) is 60.9 Å². The Bertz CT molecular complexity index is 1110. The maximum absolute atomic E-state index is 11.1. The van der Waals surface area contributed by atoms with Crippen molar-refractivity contribution in [2.75, 3.05) is 7.11 Å². The van der Waals surface area contributed by atoms with Gasteiger partial charge in [0.15, 0.2) is 0 Å². The van der Waals surface area contributed by atoms with Crippen molar-refractivity contribution >= 4 is 5.97 Å². The van der Waals surface area contributed by atoms with Gasteiger partial charge >= 0.3 is 5.97 Å². The van der Waals surface area contributed by atoms with Crippen LogP contribution in [0.25, 0.3) is 22.9 Å². The van der Waals surface area contributed by atoms with E-state index < -0.39 is 5.97 Å². The second-order valence-corrected chi connectivity index (χ2v) is 9.60. The highest BCUT2D eigenvalue weighted by Gasteiger charge is 2.31. The number of carboxylic acids is 1. The van der Waals surface area contributed by atoms with Gasteiger partial charge in [0.2, 0.25) is 11.8 Å². The van der Waals surface area contributed by atoms with Crippen molar-refractivity contribution in [3.05, 3.63) is 53.6 Å². The Morgan fingerprint density at radius 2 is 1.67 bits per heavy atom. The topological polar surface area (TPSA) is 85.5 Å². The van der Waals surface area contributed by atoms with Gasteiger partial charge in [0.25, 0.3) is 0 Å². The smallest absolute Gasteiger partial charge is 0.335 e. The molecule has 0 aliphatic heterocycles. The van der Waals surface area contributed by atoms with E-state index in [9.17, 15) is 4.79 Å². The first kappa shape index (κ1) is 21.7. The van der Waals surface area contributed by atoms with Gasteiger partial charge in [0.05, 0.1) is 12.7 Å². The largest absolute Gasteiger partial charge is 0.496 e. The lowest BCUT2D eigenvalue weighted by molar-refractivity contribution is 0.0697. The number of ether oxygens (including phenoxy) is 1. The summed E-state index contributed by atoms with van der Waals surface area (Å²) in [6, 6.07) is 12.5. The zero-order valence-electron chi connectivity index (χ0n) is 19.0. The second kappa shape index (κ2) is 9.38. The van der Waals surface area contributed by atoms with E-state index in [0.29, 0.717) is 17.3 Å². The standard InChI is InChI=1S/C27H30N2O4/c1-32-24-12-11-23(16-22(24)6-5-19-14-17-3-2-4-18(13-17)15-19)26-29-28-25(33-26)20-7-9-21(10-8-20)27(30)31/h7-12,16-19H,2-6,13-15H2,1H3,(H,30,31). The van der Waals surface area contributed by atoms with Crippen molar-refractivity contribution in [1.29, 1.82) is 0 Å². The number of aromatic nitrogens is 2. The molecule has 6 nitrogen and oxygen atoms in total. The third-order valence-electron chi connectivity index (χ3n) is 7.38. The number of fused-ring (bicyclic) bond motifs is 2. The van der Waals surface area contributed by atoms with E-state index in [-0.39, 0.29) is 5.56 Å². The van der Waals surface area contributed by atoms with E-state index >= 15 is 0 Å². The van der Waals surface area contributed by atoms with E-state index in [1.54, 1.807) is 19.2 Å². The zero-order chi connectivity index (χ0) is 22.8. The average Bonchev–Trinajstić information content (AvgIpc) is 3.33. The molecule has 2 fully saturated rings. The molecule has 2 aromatic carbocycles. The first-order valence-corrected chi connectivity index (χ1v) is 11.9. The molecule has 172 valence electrons. The number of aromatic carboxylic acids is 1. The molecule has 0 amide bonds. The first-order chi connectivity index (χ1) is 16.1. The number of rotatable bonds is 7. The lowest BCUT2D eigenvalue weighted by Crippen LogP contribution is -2.27. The van der Waals surface area contributed by atoms with Crippen molar-refractivity contribution in [3.63, 3.8) is 0 Å². The van der Waals surface area contributed by atoms with Gasteiger partial charge in [-0.25, -0.2) is 4.79 Å². The minimum absolute atomic E-state index is 0.222. The first-order valence-electron chi connectivity index (χ1n) is 11.9. The third kappa shape index (κ3) is 4.80. The zero-order valence-corrected chi connectivity index (χ0v) is 19.0. The second-order valence-electron chi connectivity index (χ2n) is 9.60. The van der Waals surface area contributed by atoms with Crippen LogP contribution in [0, 0.1) is 17.8 Å². The maximum Gasteiger partial charge on any atom is 0.335 e. The van der Waals surface area contributed by atoms with Crippen LogP contribution < -0.4 is 4.74 Å². The van der Waals surface area contributed by atoms with Crippen molar-refractivity contribution in [3.8, 4) is 28.7 Å². The average molecular weight is 447 g/mol. The molecule has 2 atom stereocenters. The van der Waals surface area contributed by atoms with Crippen LogP contribution in [-0.2, 0) is 6.42 Å². The summed E-state index contributed by atoms with van der Waals surface area (Å²) in [5, 5.41) is 17.5. The molecule has 3 aromatic rings. The summed E-state index contributed by atoms with van der Waals surface area (Å²) in [4.78, 5) is 11.1. The van der Waals surface area contributed by atoms with E-state index in [4.69, 9.17) is 14.3 Å². The SMILES string of the molecule is COc1ccc(-c2nnc(-c3ccc(C(=O)O)cc3)o2)cc1CCC1CC2CCCC(C2)C1. The molecule has 2 unspecified atom stereocenters. The summed E-state index contributed by atoms with van der Waals surface area (Å²) in [6.07, 6.45) is 10.7. The van der Waals surface area contributed by atoms with Gasteiger partial charge in [-0.15, -0.1) is 10.2 Å². The van der Waals surface area contributed by atoms with Crippen molar-refractivity contribution in [1.82, 2.24) is 10.2 Å². The van der Waals surface area contributed by atoms with Crippen molar-refractivity contribution in [2.45, 2.75) is 51.4 Å². The number of carboxylic acid groups (broad SMARTS) is 1. The van der Waals surface area contributed by atoms with Gasteiger partial charge in [-0.05, 0) is 97.9 Å². The van der Waals surface area contributed by atoms with Gasteiger partial charge < -0.3 is 14.3 Å². The Hall–Kier alpha value is -3.15. The lowest BCUT2D eigenvalue weighted by Gasteiger charge is -2.39. The molecule has 2 aliphatic carbocycles. The predicted molar refractivity (Wildman–Crippen MR) is 125 cm³/mol. The maximum atomic E-state index is 11.1. The molecule has 1 heterocycles. The van der Waals surface area contributed by atoms with E-state index in [1.807, 2.05) is 12.1 Å². The van der Waals surface area contributed by atoms with Crippen molar-refractivity contribution < 1.29 is 19.1 Å². The normalized spacial score (nSPS) is 22.2. The Balaban J connectivity index is 1.31. The number of hydrogen-bond acceptors (Lipinski definition) is 5. The summed E-state index contributed by atoms with van der Waals surface area (Å²) in [5.41, 5.74) is 2.96. The molecule has 2 saturated carbocycles. The van der Waals surface area contributed by atoms with Crippen LogP contribution >= 0.6 is 0 Å². The van der Waals surface area contributed by atoms with Crippen molar-refractivity contribution in [2.24, 2.45) is 17.8 Å². The minimum atomic E-state index is -0.963. The Kier molecular flexibility index (Phi) is 6.16. The van der Waals surface area contributed by atoms with Crippen LogP contribution in [0.2, 0.25) is 0 Å². The van der Waals surface area contributed by atoms with Gasteiger partial charge in [-0.1, -0.05) is 19.3 Å². The van der Waals surface area contributed by atoms with Crippen LogP contribution in [0.4, 0.5) is 0 Å². The van der Waals surface area contributed by atoms with Crippen LogP contribution in [-0.4, -0.2) is 28.4 Å². The fourth-order valence-corrected chi connectivity index (χ4v) is 5.78. The molecule has 0 radical (unpaired) electrons. The fourth-order valence-electron chi connectivity index (χ4n) is 5.78. The minimum Gasteiger partial charge on any atom is -0.496 e. The summed E-state index contributed by atoms with van der Waals surface area (Å²) in [5.74, 6) is 3.45. The van der Waals surface area contributed by atoms with Crippen LogP contribution in [0.3, 0.4) is 0 Å². The highest BCUT2D eigenvalue weighted by Crippen LogP contribution is 2.44. The fraction of sp³-hybridized carbons (Fsp3) is 0.444. The highest BCUT2D eigenvalue weighted by atomic mass is 16.5. The number of methoxy groups -OCH3 is 1. The van der Waals surface area contributed by atoms with E-state index in [0.717, 1.165) is 35.5 Å². The van der Waals surface area contributed by atoms with E-state index in [1.165, 1.54) is 62.6 Å². The van der Waals surface area contributed by atoms with Gasteiger partial charge in [0, 0.05) is 11.1 Å². The quantitative estimate of drug-likeness (QED) is 0.461. The Labute approximate surface area is 194 Å². The summed E-state index contributed by atoms with van der Waals surface area (Å²) < 4.78 is 11.6. The number of benzene rings is 2. The number of nitrogens with zero attached hydrogens (tertiary/aromatic N) is 2. The van der Waals surface area contributed by atoms with Crippen LogP contribution in [0.15, 0.2) is 46.9 Å². The van der Waals surface area contributed by atoms with Gasteiger partial charge in [-0.2, -0.15) is 0 Å². The molecule has 5 rings (SSSR count). The molecule has 0 saturated heterocycles. The summed E-state index contributed by atoms with van der Waals surface area (Å²) in [7, 11) is 1.72. The molecule has 6 heteroatoms. The molecule has 1 N–H and O–H groups in total. The molecule has 1 aromatic heterocycles. The highest BCUT2D eigenvalue weighted by molar-refractivity contribution is 5.88. The van der Waals surface area contributed by atoms with Gasteiger partial charge in [-0.3, -0.25) is 0 Å². The Morgan fingerprint density at radius 3 is 2.33 bits per heavy atom. The Morgan fingerprint density at radius 1 is 1.00 bits per heavy atom.